The highest BCUT2D eigenvalue weighted by molar-refractivity contribution is 5.91. The first-order valence-electron chi connectivity index (χ1n) is 7.50. The average molecular weight is 347 g/mol. The minimum Gasteiger partial charge on any atom is -0.326 e. The number of fused-ring (bicyclic) bond motifs is 1. The van der Waals surface area contributed by atoms with Crippen molar-refractivity contribution in [3.63, 3.8) is 0 Å². The fraction of sp³-hybridized carbons (Fsp3) is 0.250. The van der Waals surface area contributed by atoms with E-state index in [9.17, 15) is 4.79 Å². The number of nitrogens with one attached hydrogen (secondary N) is 2. The molecule has 0 bridgehead atoms. The molecule has 1 amide bonds. The van der Waals surface area contributed by atoms with Gasteiger partial charge in [0.05, 0.1) is 6.42 Å². The van der Waals surface area contributed by atoms with Gasteiger partial charge >= 0.3 is 0 Å². The van der Waals surface area contributed by atoms with Crippen molar-refractivity contribution in [2.24, 2.45) is 0 Å². The van der Waals surface area contributed by atoms with E-state index in [4.69, 9.17) is 0 Å². The van der Waals surface area contributed by atoms with Gasteiger partial charge in [-0.3, -0.25) is 4.79 Å². The van der Waals surface area contributed by atoms with Crippen molar-refractivity contribution >= 4 is 29.8 Å². The Morgan fingerprint density at radius 2 is 2.17 bits per heavy atom. The highest BCUT2D eigenvalue weighted by Gasteiger charge is 2.10. The van der Waals surface area contributed by atoms with Crippen molar-refractivity contribution in [3.05, 3.63) is 54.1 Å². The molecular formula is C16H19ClN6O. The molecule has 2 heterocycles. The van der Waals surface area contributed by atoms with Gasteiger partial charge in [0, 0.05) is 24.6 Å². The Morgan fingerprint density at radius 3 is 2.96 bits per heavy atom. The average Bonchev–Trinajstić information content (AvgIpc) is 2.95. The fourth-order valence-corrected chi connectivity index (χ4v) is 2.23. The number of rotatable bonds is 6. The Morgan fingerprint density at radius 1 is 1.29 bits per heavy atom. The fourth-order valence-electron chi connectivity index (χ4n) is 2.23. The number of anilines is 1. The molecule has 2 aromatic heterocycles. The Balaban J connectivity index is 0.00000208. The van der Waals surface area contributed by atoms with Gasteiger partial charge in [-0.25, -0.2) is 9.50 Å². The van der Waals surface area contributed by atoms with Crippen molar-refractivity contribution in [1.29, 1.82) is 0 Å². The molecule has 0 saturated heterocycles. The van der Waals surface area contributed by atoms with Gasteiger partial charge in [-0.2, -0.15) is 4.98 Å². The summed E-state index contributed by atoms with van der Waals surface area (Å²) in [5, 5.41) is 10.4. The quantitative estimate of drug-likeness (QED) is 0.711. The maximum atomic E-state index is 12.1. The van der Waals surface area contributed by atoms with Crippen molar-refractivity contribution in [2.45, 2.75) is 19.9 Å². The lowest BCUT2D eigenvalue weighted by Gasteiger charge is -2.07. The summed E-state index contributed by atoms with van der Waals surface area (Å²) < 4.78 is 1.56. The number of carbonyl (C=O) groups excluding carboxylic acids is 1. The van der Waals surface area contributed by atoms with E-state index in [0.29, 0.717) is 11.6 Å². The van der Waals surface area contributed by atoms with Crippen molar-refractivity contribution < 1.29 is 4.79 Å². The van der Waals surface area contributed by atoms with Crippen LogP contribution in [-0.2, 0) is 17.8 Å². The van der Waals surface area contributed by atoms with E-state index < -0.39 is 0 Å². The lowest BCUT2D eigenvalue weighted by Crippen LogP contribution is -2.16. The van der Waals surface area contributed by atoms with E-state index in [1.54, 1.807) is 23.0 Å². The van der Waals surface area contributed by atoms with Gasteiger partial charge in [0.15, 0.2) is 5.82 Å². The summed E-state index contributed by atoms with van der Waals surface area (Å²) >= 11 is 0. The van der Waals surface area contributed by atoms with E-state index >= 15 is 0 Å². The van der Waals surface area contributed by atoms with Gasteiger partial charge in [-0.1, -0.05) is 19.1 Å². The van der Waals surface area contributed by atoms with E-state index in [2.05, 4.69) is 32.6 Å². The number of hydrogen-bond acceptors (Lipinski definition) is 5. The molecule has 3 aromatic rings. The molecule has 3 rings (SSSR count). The first-order chi connectivity index (χ1) is 11.2. The molecule has 0 aliphatic heterocycles. The Kier molecular flexibility index (Phi) is 6.22. The Labute approximate surface area is 145 Å². The second-order valence-electron chi connectivity index (χ2n) is 5.10. The van der Waals surface area contributed by atoms with Crippen LogP contribution in [0.4, 0.5) is 5.69 Å². The molecule has 0 radical (unpaired) electrons. The summed E-state index contributed by atoms with van der Waals surface area (Å²) in [5.74, 6) is 0.787. The van der Waals surface area contributed by atoms with Crippen LogP contribution in [-0.4, -0.2) is 32.0 Å². The second kappa shape index (κ2) is 8.37. The molecule has 0 aliphatic rings. The largest absolute Gasteiger partial charge is 0.326 e. The van der Waals surface area contributed by atoms with E-state index in [0.717, 1.165) is 24.3 Å². The summed E-state index contributed by atoms with van der Waals surface area (Å²) in [7, 11) is 0. The van der Waals surface area contributed by atoms with Crippen molar-refractivity contribution in [3.8, 4) is 0 Å². The number of hydrogen-bond donors (Lipinski definition) is 2. The lowest BCUT2D eigenvalue weighted by molar-refractivity contribution is -0.115. The van der Waals surface area contributed by atoms with E-state index in [1.165, 1.54) is 0 Å². The molecule has 0 unspecified atom stereocenters. The van der Waals surface area contributed by atoms with Crippen LogP contribution in [0.2, 0.25) is 0 Å². The third-order valence-corrected chi connectivity index (χ3v) is 3.27. The van der Waals surface area contributed by atoms with E-state index in [-0.39, 0.29) is 24.7 Å². The third kappa shape index (κ3) is 4.50. The van der Waals surface area contributed by atoms with Gasteiger partial charge in [-0.05, 0) is 30.3 Å². The first-order valence-corrected chi connectivity index (χ1v) is 7.50. The van der Waals surface area contributed by atoms with Crippen LogP contribution < -0.4 is 10.6 Å². The number of halogens is 1. The van der Waals surface area contributed by atoms with E-state index in [1.807, 2.05) is 24.3 Å². The van der Waals surface area contributed by atoms with Gasteiger partial charge in [0.1, 0.15) is 0 Å². The molecule has 8 heteroatoms. The molecule has 0 aliphatic carbocycles. The van der Waals surface area contributed by atoms with Gasteiger partial charge < -0.3 is 10.6 Å². The SMILES string of the molecule is CCNCc1cccc(NC(=O)Cc2nc3ncccn3n2)c1.Cl. The molecular weight excluding hydrogens is 328 g/mol. The normalized spacial score (nSPS) is 10.4. The predicted molar refractivity (Wildman–Crippen MR) is 94.2 cm³/mol. The monoisotopic (exact) mass is 346 g/mol. The zero-order valence-electron chi connectivity index (χ0n) is 13.3. The summed E-state index contributed by atoms with van der Waals surface area (Å²) in [6, 6.07) is 9.54. The number of nitrogens with zero attached hydrogens (tertiary/aromatic N) is 4. The zero-order chi connectivity index (χ0) is 16.1. The molecule has 0 saturated carbocycles. The standard InChI is InChI=1S/C16H18N6O.ClH/c1-2-17-11-12-5-3-6-13(9-12)19-15(23)10-14-20-16-18-7-4-8-22(16)21-14;/h3-9,17H,2,10-11H2,1H3,(H,19,23);1H. The highest BCUT2D eigenvalue weighted by Crippen LogP contribution is 2.11. The maximum Gasteiger partial charge on any atom is 0.252 e. The number of carbonyl (C=O) groups is 1. The summed E-state index contributed by atoms with van der Waals surface area (Å²) in [4.78, 5) is 20.5. The zero-order valence-corrected chi connectivity index (χ0v) is 14.1. The van der Waals surface area contributed by atoms with Crippen LogP contribution in [0.25, 0.3) is 5.78 Å². The van der Waals surface area contributed by atoms with Gasteiger partial charge in [0.25, 0.3) is 5.78 Å². The second-order valence-corrected chi connectivity index (χ2v) is 5.10. The number of amides is 1. The molecule has 126 valence electrons. The highest BCUT2D eigenvalue weighted by atomic mass is 35.5. The number of aromatic nitrogens is 4. The molecule has 2 N–H and O–H groups in total. The van der Waals surface area contributed by atoms with Crippen LogP contribution in [0.5, 0.6) is 0 Å². The molecule has 1 aromatic carbocycles. The Bertz CT molecular complexity index is 786. The molecule has 0 spiro atoms. The van der Waals surface area contributed by atoms with Crippen LogP contribution in [0, 0.1) is 0 Å². The summed E-state index contributed by atoms with van der Waals surface area (Å²) in [5.41, 5.74) is 1.90. The van der Waals surface area contributed by atoms with Gasteiger partial charge in [0.2, 0.25) is 5.91 Å². The molecule has 7 nitrogen and oxygen atoms in total. The maximum absolute atomic E-state index is 12.1. The summed E-state index contributed by atoms with van der Waals surface area (Å²) in [6.07, 6.45) is 3.51. The van der Waals surface area contributed by atoms with Crippen molar-refractivity contribution in [1.82, 2.24) is 24.9 Å². The topological polar surface area (TPSA) is 84.2 Å². The Hall–Kier alpha value is -2.51. The van der Waals surface area contributed by atoms with Crippen molar-refractivity contribution in [2.75, 3.05) is 11.9 Å². The lowest BCUT2D eigenvalue weighted by atomic mass is 10.2. The van der Waals surface area contributed by atoms with Crippen LogP contribution in [0.1, 0.15) is 18.3 Å². The van der Waals surface area contributed by atoms with Crippen LogP contribution in [0.3, 0.4) is 0 Å². The van der Waals surface area contributed by atoms with Crippen LogP contribution >= 0.6 is 12.4 Å². The molecule has 24 heavy (non-hydrogen) atoms. The van der Waals surface area contributed by atoms with Crippen LogP contribution in [0.15, 0.2) is 42.7 Å². The third-order valence-electron chi connectivity index (χ3n) is 3.27. The minimum atomic E-state index is -0.151. The minimum absolute atomic E-state index is 0. The first kappa shape index (κ1) is 17.8. The summed E-state index contributed by atoms with van der Waals surface area (Å²) in [6.45, 7) is 3.74. The van der Waals surface area contributed by atoms with Gasteiger partial charge in [-0.15, -0.1) is 17.5 Å². The number of benzene rings is 1. The smallest absolute Gasteiger partial charge is 0.252 e. The molecule has 0 atom stereocenters. The predicted octanol–water partition coefficient (Wildman–Crippen LogP) is 1.84. The molecule has 0 fully saturated rings.